The Morgan fingerprint density at radius 2 is 2.11 bits per heavy atom. The van der Waals surface area contributed by atoms with E-state index >= 15 is 0 Å². The molecule has 0 atom stereocenters. The number of aliphatic hydroxyl groups is 1. The van der Waals surface area contributed by atoms with Gasteiger partial charge in [0.2, 0.25) is 0 Å². The van der Waals surface area contributed by atoms with Crippen LogP contribution < -0.4 is 16.2 Å². The lowest BCUT2D eigenvalue weighted by molar-refractivity contribution is 0.282. The summed E-state index contributed by atoms with van der Waals surface area (Å²) in [6.07, 6.45) is 4.41. The molecule has 0 aromatic carbocycles. The number of hydrazine groups is 1. The Morgan fingerprint density at radius 3 is 2.63 bits per heavy atom. The summed E-state index contributed by atoms with van der Waals surface area (Å²) in [6.45, 7) is 4.88. The summed E-state index contributed by atoms with van der Waals surface area (Å²) in [5.74, 6) is 7.84. The average molecular weight is 265 g/mol. The zero-order valence-electron chi connectivity index (χ0n) is 11.7. The van der Waals surface area contributed by atoms with Gasteiger partial charge in [-0.15, -0.1) is 0 Å². The van der Waals surface area contributed by atoms with Crippen molar-refractivity contribution in [3.8, 4) is 0 Å². The van der Waals surface area contributed by atoms with Gasteiger partial charge in [-0.25, -0.2) is 15.8 Å². The highest BCUT2D eigenvalue weighted by Crippen LogP contribution is 2.32. The van der Waals surface area contributed by atoms with Crippen molar-refractivity contribution < 1.29 is 5.11 Å². The minimum absolute atomic E-state index is 0.203. The zero-order chi connectivity index (χ0) is 13.8. The predicted molar refractivity (Wildman–Crippen MR) is 76.0 cm³/mol. The number of aliphatic hydroxyl groups excluding tert-OH is 1. The van der Waals surface area contributed by atoms with E-state index in [9.17, 15) is 0 Å². The molecule has 0 spiro atoms. The second-order valence-corrected chi connectivity index (χ2v) is 5.07. The molecule has 1 aromatic rings. The minimum atomic E-state index is 0.203. The second kappa shape index (κ2) is 6.16. The van der Waals surface area contributed by atoms with Crippen LogP contribution in [0.5, 0.6) is 0 Å². The summed E-state index contributed by atoms with van der Waals surface area (Å²) in [5, 5.41) is 9.07. The molecule has 1 fully saturated rings. The lowest BCUT2D eigenvalue weighted by Gasteiger charge is -2.39. The Labute approximate surface area is 114 Å². The van der Waals surface area contributed by atoms with Gasteiger partial charge in [0, 0.05) is 24.8 Å². The highest BCUT2D eigenvalue weighted by Gasteiger charge is 2.27. The molecule has 0 bridgehead atoms. The predicted octanol–water partition coefficient (Wildman–Crippen LogP) is 1.12. The molecule has 19 heavy (non-hydrogen) atoms. The molecule has 1 saturated carbocycles. The van der Waals surface area contributed by atoms with Gasteiger partial charge in [-0.1, -0.05) is 0 Å². The van der Waals surface area contributed by atoms with E-state index in [0.29, 0.717) is 17.7 Å². The summed E-state index contributed by atoms with van der Waals surface area (Å²) in [7, 11) is 0. The van der Waals surface area contributed by atoms with Crippen LogP contribution in [0, 0.1) is 13.8 Å². The summed E-state index contributed by atoms with van der Waals surface area (Å²) in [4.78, 5) is 11.2. The molecule has 1 aromatic heterocycles. The molecular formula is C13H23N5O. The van der Waals surface area contributed by atoms with Crippen molar-refractivity contribution in [1.29, 1.82) is 0 Å². The van der Waals surface area contributed by atoms with Crippen molar-refractivity contribution in [2.75, 3.05) is 23.5 Å². The largest absolute Gasteiger partial charge is 0.396 e. The Kier molecular flexibility index (Phi) is 4.55. The normalized spacial score (nSPS) is 15.2. The molecule has 4 N–H and O–H groups in total. The van der Waals surface area contributed by atoms with Crippen LogP contribution in [-0.2, 0) is 0 Å². The molecule has 106 valence electrons. The highest BCUT2D eigenvalue weighted by molar-refractivity contribution is 5.58. The fourth-order valence-corrected chi connectivity index (χ4v) is 2.43. The second-order valence-electron chi connectivity index (χ2n) is 5.07. The standard InChI is InChI=1S/C13H23N5O/c1-9-12(17-14)15-10(2)16-13(9)18(7-4-8-19)11-5-3-6-11/h11,19H,3-8,14H2,1-2H3,(H,15,16,17). The van der Waals surface area contributed by atoms with E-state index in [1.165, 1.54) is 19.3 Å². The maximum absolute atomic E-state index is 9.07. The lowest BCUT2D eigenvalue weighted by Crippen LogP contribution is -2.42. The first kappa shape index (κ1) is 14.0. The number of nitrogens with zero attached hydrogens (tertiary/aromatic N) is 3. The summed E-state index contributed by atoms with van der Waals surface area (Å²) in [5.41, 5.74) is 3.61. The molecule has 1 aliphatic carbocycles. The third kappa shape index (κ3) is 2.96. The van der Waals surface area contributed by atoms with Crippen LogP contribution in [0.25, 0.3) is 0 Å². The van der Waals surface area contributed by atoms with Gasteiger partial charge in [0.25, 0.3) is 0 Å². The molecular weight excluding hydrogens is 242 g/mol. The lowest BCUT2D eigenvalue weighted by atomic mass is 9.91. The van der Waals surface area contributed by atoms with E-state index in [-0.39, 0.29) is 6.61 Å². The van der Waals surface area contributed by atoms with Crippen molar-refractivity contribution >= 4 is 11.6 Å². The molecule has 6 heteroatoms. The van der Waals surface area contributed by atoms with E-state index in [1.54, 1.807) is 0 Å². The van der Waals surface area contributed by atoms with Gasteiger partial charge in [-0.2, -0.15) is 0 Å². The number of hydrogen-bond donors (Lipinski definition) is 3. The first-order valence-corrected chi connectivity index (χ1v) is 6.86. The Bertz CT molecular complexity index is 433. The van der Waals surface area contributed by atoms with Crippen LogP contribution in [0.1, 0.15) is 37.1 Å². The fraction of sp³-hybridized carbons (Fsp3) is 0.692. The molecule has 0 aliphatic heterocycles. The minimum Gasteiger partial charge on any atom is -0.396 e. The van der Waals surface area contributed by atoms with E-state index in [2.05, 4.69) is 20.3 Å². The van der Waals surface area contributed by atoms with Crippen LogP contribution in [0.3, 0.4) is 0 Å². The molecule has 1 aliphatic rings. The zero-order valence-corrected chi connectivity index (χ0v) is 11.7. The summed E-state index contributed by atoms with van der Waals surface area (Å²) >= 11 is 0. The number of rotatable bonds is 6. The van der Waals surface area contributed by atoms with Crippen molar-refractivity contribution in [1.82, 2.24) is 9.97 Å². The molecule has 0 unspecified atom stereocenters. The van der Waals surface area contributed by atoms with Gasteiger partial charge in [-0.3, -0.25) is 0 Å². The molecule has 0 saturated heterocycles. The number of nitrogen functional groups attached to an aromatic ring is 1. The molecule has 1 heterocycles. The van der Waals surface area contributed by atoms with E-state index in [4.69, 9.17) is 10.9 Å². The Morgan fingerprint density at radius 1 is 1.37 bits per heavy atom. The van der Waals surface area contributed by atoms with Gasteiger partial charge in [0.1, 0.15) is 17.5 Å². The highest BCUT2D eigenvalue weighted by atomic mass is 16.3. The maximum atomic E-state index is 9.07. The summed E-state index contributed by atoms with van der Waals surface area (Å²) in [6, 6.07) is 0.533. The molecule has 6 nitrogen and oxygen atoms in total. The Balaban J connectivity index is 2.31. The van der Waals surface area contributed by atoms with Crippen LogP contribution >= 0.6 is 0 Å². The number of aryl methyl sites for hydroxylation is 1. The molecule has 0 amide bonds. The SMILES string of the molecule is Cc1nc(NN)c(C)c(N(CCCO)C2CCC2)n1. The number of hydrogen-bond acceptors (Lipinski definition) is 6. The topological polar surface area (TPSA) is 87.3 Å². The van der Waals surface area contributed by atoms with E-state index in [0.717, 1.165) is 24.3 Å². The van der Waals surface area contributed by atoms with Gasteiger partial charge in [-0.05, 0) is 39.5 Å². The van der Waals surface area contributed by atoms with Gasteiger partial charge < -0.3 is 15.4 Å². The average Bonchev–Trinajstić information content (AvgIpc) is 2.34. The maximum Gasteiger partial charge on any atom is 0.148 e. The smallest absolute Gasteiger partial charge is 0.148 e. The number of anilines is 2. The third-order valence-corrected chi connectivity index (χ3v) is 3.71. The fourth-order valence-electron chi connectivity index (χ4n) is 2.43. The monoisotopic (exact) mass is 265 g/mol. The Hall–Kier alpha value is -1.40. The number of nitrogens with two attached hydrogens (primary N) is 1. The van der Waals surface area contributed by atoms with Crippen molar-refractivity contribution in [3.63, 3.8) is 0 Å². The van der Waals surface area contributed by atoms with E-state index in [1.807, 2.05) is 13.8 Å². The van der Waals surface area contributed by atoms with Crippen molar-refractivity contribution in [3.05, 3.63) is 11.4 Å². The van der Waals surface area contributed by atoms with Crippen LogP contribution in [0.2, 0.25) is 0 Å². The van der Waals surface area contributed by atoms with Crippen LogP contribution in [0.15, 0.2) is 0 Å². The van der Waals surface area contributed by atoms with Gasteiger partial charge in [0.05, 0.1) is 0 Å². The quantitative estimate of drug-likeness (QED) is 0.528. The van der Waals surface area contributed by atoms with Crippen LogP contribution in [0.4, 0.5) is 11.6 Å². The van der Waals surface area contributed by atoms with Crippen molar-refractivity contribution in [2.45, 2.75) is 45.6 Å². The van der Waals surface area contributed by atoms with Crippen LogP contribution in [-0.4, -0.2) is 34.3 Å². The first-order valence-electron chi connectivity index (χ1n) is 6.86. The van der Waals surface area contributed by atoms with Gasteiger partial charge in [0.15, 0.2) is 0 Å². The van der Waals surface area contributed by atoms with E-state index < -0.39 is 0 Å². The number of aromatic nitrogens is 2. The number of nitrogens with one attached hydrogen (secondary N) is 1. The van der Waals surface area contributed by atoms with Gasteiger partial charge >= 0.3 is 0 Å². The molecule has 2 rings (SSSR count). The van der Waals surface area contributed by atoms with Crippen molar-refractivity contribution in [2.24, 2.45) is 5.84 Å². The summed E-state index contributed by atoms with van der Waals surface area (Å²) < 4.78 is 0. The first-order chi connectivity index (χ1) is 9.17. The third-order valence-electron chi connectivity index (χ3n) is 3.71. The molecule has 0 radical (unpaired) electrons.